The Morgan fingerprint density at radius 1 is 0.745 bits per heavy atom. The number of hydrogen-bond acceptors (Lipinski definition) is 7. The molecule has 2 aromatic carbocycles. The maximum atomic E-state index is 13.4. The molecule has 2 aliphatic carbocycles. The van der Waals surface area contributed by atoms with Gasteiger partial charge in [0.05, 0.1) is 44.2 Å². The minimum atomic E-state index is -0.0796. The lowest BCUT2D eigenvalue weighted by Crippen LogP contribution is -2.39. The Bertz CT molecular complexity index is 1900. The lowest BCUT2D eigenvalue weighted by Gasteiger charge is -2.29. The van der Waals surface area contributed by atoms with E-state index in [-0.39, 0.29) is 36.1 Å². The molecule has 0 radical (unpaired) electrons. The number of hydrogen-bond donors (Lipinski definition) is 2. The highest BCUT2D eigenvalue weighted by Crippen LogP contribution is 2.27. The number of aromatic nitrogens is 6. The van der Waals surface area contributed by atoms with Crippen molar-refractivity contribution in [2.75, 3.05) is 13.7 Å². The van der Waals surface area contributed by atoms with Crippen LogP contribution in [0.2, 0.25) is 0 Å². The van der Waals surface area contributed by atoms with Gasteiger partial charge in [-0.1, -0.05) is 0 Å². The molecular formula is C39H46N8O4. The first-order valence-corrected chi connectivity index (χ1v) is 17.9. The molecule has 0 saturated heterocycles. The van der Waals surface area contributed by atoms with Gasteiger partial charge in [0.2, 0.25) is 0 Å². The Labute approximate surface area is 298 Å². The standard InChI is InChI=1S/C39H46N8O4/c1-27-17-29(21-34(18-27)45-13-11-40-25-45)38(48)43-33-5-9-37(10-6-33)51-16-15-47-24-31(23-42-47)28-19-30(22-35(20-28)46-14-12-41-26-46)39(49)44-32-3-7-36(50-2)8-4-32/h11-14,17-26,32-33,36-37H,3-10,15-16H2,1-2H3,(H,43,48)(H,44,49). The zero-order valence-corrected chi connectivity index (χ0v) is 29.3. The van der Waals surface area contributed by atoms with E-state index in [2.05, 4.69) is 31.8 Å². The van der Waals surface area contributed by atoms with E-state index in [1.54, 1.807) is 32.2 Å². The van der Waals surface area contributed by atoms with E-state index in [9.17, 15) is 9.59 Å². The summed E-state index contributed by atoms with van der Waals surface area (Å²) >= 11 is 0. The number of benzene rings is 2. The summed E-state index contributed by atoms with van der Waals surface area (Å²) in [5.41, 5.74) is 5.90. The van der Waals surface area contributed by atoms with Gasteiger partial charge in [-0.2, -0.15) is 5.10 Å². The molecule has 2 aliphatic rings. The smallest absolute Gasteiger partial charge is 0.251 e. The second-order valence-electron chi connectivity index (χ2n) is 13.8. The summed E-state index contributed by atoms with van der Waals surface area (Å²) in [6, 6.07) is 12.0. The highest BCUT2D eigenvalue weighted by atomic mass is 16.5. The lowest BCUT2D eigenvalue weighted by molar-refractivity contribution is 0.0172. The van der Waals surface area contributed by atoms with E-state index >= 15 is 0 Å². The van der Waals surface area contributed by atoms with Crippen molar-refractivity contribution in [1.82, 2.24) is 39.5 Å². The maximum Gasteiger partial charge on any atom is 0.251 e. The minimum absolute atomic E-state index is 0.0490. The molecule has 0 atom stereocenters. The van der Waals surface area contributed by atoms with Gasteiger partial charge in [0.15, 0.2) is 0 Å². The normalized spacial score (nSPS) is 20.6. The molecule has 3 aromatic heterocycles. The van der Waals surface area contributed by atoms with Crippen LogP contribution in [-0.2, 0) is 16.0 Å². The van der Waals surface area contributed by atoms with Gasteiger partial charge < -0.3 is 29.2 Å². The number of amides is 2. The van der Waals surface area contributed by atoms with Crippen molar-refractivity contribution >= 4 is 11.8 Å². The average Bonchev–Trinajstić information content (AvgIpc) is 3.97. The topological polar surface area (TPSA) is 130 Å². The number of nitrogens with one attached hydrogen (secondary N) is 2. The van der Waals surface area contributed by atoms with Crippen LogP contribution in [0, 0.1) is 6.92 Å². The van der Waals surface area contributed by atoms with E-state index in [4.69, 9.17) is 9.47 Å². The van der Waals surface area contributed by atoms with Gasteiger partial charge >= 0.3 is 0 Å². The first-order chi connectivity index (χ1) is 24.9. The van der Waals surface area contributed by atoms with Crippen molar-refractivity contribution in [1.29, 1.82) is 0 Å². The molecule has 12 heteroatoms. The Balaban J connectivity index is 0.912. The Morgan fingerprint density at radius 2 is 1.33 bits per heavy atom. The zero-order valence-electron chi connectivity index (χ0n) is 29.3. The fraction of sp³-hybridized carbons (Fsp3) is 0.410. The molecule has 3 heterocycles. The van der Waals surface area contributed by atoms with Crippen LogP contribution in [0.15, 0.2) is 86.2 Å². The number of rotatable bonds is 12. The van der Waals surface area contributed by atoms with Crippen LogP contribution >= 0.6 is 0 Å². The Morgan fingerprint density at radius 3 is 1.92 bits per heavy atom. The number of carbonyl (C=O) groups is 2. The number of methoxy groups -OCH3 is 1. The van der Waals surface area contributed by atoms with Crippen molar-refractivity contribution < 1.29 is 19.1 Å². The van der Waals surface area contributed by atoms with Gasteiger partial charge in [-0.25, -0.2) is 9.97 Å². The third-order valence-electron chi connectivity index (χ3n) is 10.1. The predicted octanol–water partition coefficient (Wildman–Crippen LogP) is 5.68. The van der Waals surface area contributed by atoms with Crippen LogP contribution < -0.4 is 10.6 Å². The molecule has 2 fully saturated rings. The maximum absolute atomic E-state index is 13.4. The number of nitrogens with zero attached hydrogens (tertiary/aromatic N) is 6. The molecule has 12 nitrogen and oxygen atoms in total. The predicted molar refractivity (Wildman–Crippen MR) is 193 cm³/mol. The van der Waals surface area contributed by atoms with E-state index < -0.39 is 0 Å². The van der Waals surface area contributed by atoms with Gasteiger partial charge in [0, 0.05) is 78.2 Å². The highest BCUT2D eigenvalue weighted by molar-refractivity contribution is 5.96. The van der Waals surface area contributed by atoms with Gasteiger partial charge in [0.1, 0.15) is 0 Å². The Hall–Kier alpha value is -5.07. The van der Waals surface area contributed by atoms with E-state index in [1.807, 2.05) is 75.9 Å². The largest absolute Gasteiger partial charge is 0.381 e. The third-order valence-corrected chi connectivity index (χ3v) is 10.1. The monoisotopic (exact) mass is 690 g/mol. The highest BCUT2D eigenvalue weighted by Gasteiger charge is 2.25. The quantitative estimate of drug-likeness (QED) is 0.173. The van der Waals surface area contributed by atoms with Gasteiger partial charge in [-0.3, -0.25) is 14.3 Å². The fourth-order valence-electron chi connectivity index (χ4n) is 7.23. The second-order valence-corrected chi connectivity index (χ2v) is 13.8. The summed E-state index contributed by atoms with van der Waals surface area (Å²) in [6.45, 7) is 3.15. The summed E-state index contributed by atoms with van der Waals surface area (Å²) < 4.78 is 17.5. The molecule has 0 unspecified atom stereocenters. The van der Waals surface area contributed by atoms with Crippen LogP contribution in [-0.4, -0.2) is 78.7 Å². The van der Waals surface area contributed by atoms with E-state index in [1.165, 1.54) is 0 Å². The van der Waals surface area contributed by atoms with Crippen LogP contribution in [0.4, 0.5) is 0 Å². The molecule has 0 spiro atoms. The number of aryl methyl sites for hydroxylation is 1. The first-order valence-electron chi connectivity index (χ1n) is 17.9. The van der Waals surface area contributed by atoms with Gasteiger partial charge in [-0.15, -0.1) is 0 Å². The zero-order chi connectivity index (χ0) is 35.2. The van der Waals surface area contributed by atoms with Crippen molar-refractivity contribution in [3.63, 3.8) is 0 Å². The average molecular weight is 691 g/mol. The summed E-state index contributed by atoms with van der Waals surface area (Å²) in [5, 5.41) is 11.1. The molecule has 0 aliphatic heterocycles. The van der Waals surface area contributed by atoms with Gasteiger partial charge in [-0.05, 0) is 106 Å². The molecule has 2 saturated carbocycles. The van der Waals surface area contributed by atoms with Crippen LogP contribution in [0.1, 0.15) is 77.6 Å². The van der Waals surface area contributed by atoms with Crippen molar-refractivity contribution in [3.05, 3.63) is 103 Å². The van der Waals surface area contributed by atoms with E-state index in [0.29, 0.717) is 24.3 Å². The molecule has 51 heavy (non-hydrogen) atoms. The lowest BCUT2D eigenvalue weighted by atomic mass is 9.92. The molecule has 0 bridgehead atoms. The number of carbonyl (C=O) groups excluding carboxylic acids is 2. The van der Waals surface area contributed by atoms with Crippen LogP contribution in [0.25, 0.3) is 22.5 Å². The van der Waals surface area contributed by atoms with Crippen LogP contribution in [0.3, 0.4) is 0 Å². The fourth-order valence-corrected chi connectivity index (χ4v) is 7.23. The Kier molecular flexibility index (Phi) is 10.7. The van der Waals surface area contributed by atoms with Crippen molar-refractivity contribution in [2.45, 2.75) is 89.1 Å². The van der Waals surface area contributed by atoms with Gasteiger partial charge in [0.25, 0.3) is 11.8 Å². The molecule has 2 amide bonds. The molecular weight excluding hydrogens is 644 g/mol. The molecule has 7 rings (SSSR count). The van der Waals surface area contributed by atoms with E-state index in [0.717, 1.165) is 79.4 Å². The SMILES string of the molecule is COC1CCC(NC(=O)c2cc(-c3cnn(CCOC4CCC(NC(=O)c5cc(C)cc(-n6ccnc6)c5)CC4)c3)cc(-n3ccnc3)c2)CC1. The minimum Gasteiger partial charge on any atom is -0.381 e. The summed E-state index contributed by atoms with van der Waals surface area (Å²) in [5.74, 6) is -0.129. The van der Waals surface area contributed by atoms with Crippen molar-refractivity contribution in [3.8, 4) is 22.5 Å². The second kappa shape index (κ2) is 15.9. The number of ether oxygens (including phenoxy) is 2. The summed E-state index contributed by atoms with van der Waals surface area (Å²) in [6.07, 6.45) is 22.2. The summed E-state index contributed by atoms with van der Waals surface area (Å²) in [7, 11) is 1.75. The number of imidazole rings is 2. The van der Waals surface area contributed by atoms with Crippen molar-refractivity contribution in [2.24, 2.45) is 0 Å². The molecule has 2 N–H and O–H groups in total. The van der Waals surface area contributed by atoms with Crippen LogP contribution in [0.5, 0.6) is 0 Å². The first kappa shape index (κ1) is 34.4. The summed E-state index contributed by atoms with van der Waals surface area (Å²) in [4.78, 5) is 34.9. The molecule has 266 valence electrons. The third kappa shape index (κ3) is 8.63. The molecule has 5 aromatic rings.